The Labute approximate surface area is 127 Å². The van der Waals surface area contributed by atoms with Gasteiger partial charge in [-0.1, -0.05) is 29.8 Å². The molecule has 3 N–H and O–H groups in total. The smallest absolute Gasteiger partial charge is 0.231 e. The quantitative estimate of drug-likeness (QED) is 0.848. The zero-order valence-corrected chi connectivity index (χ0v) is 13.4. The molecule has 0 atom stereocenters. The molecular formula is C13H19BrClFN2O. The van der Waals surface area contributed by atoms with E-state index in [0.29, 0.717) is 17.3 Å². The second-order valence-corrected chi connectivity index (χ2v) is 5.19. The van der Waals surface area contributed by atoms with E-state index in [1.807, 2.05) is 13.8 Å². The first-order valence-electron chi connectivity index (χ1n) is 5.95. The van der Waals surface area contributed by atoms with Crippen molar-refractivity contribution in [3.8, 4) is 0 Å². The molecule has 0 saturated heterocycles. The van der Waals surface area contributed by atoms with Gasteiger partial charge in [0.25, 0.3) is 0 Å². The van der Waals surface area contributed by atoms with Crippen LogP contribution in [0.2, 0.25) is 0 Å². The lowest BCUT2D eigenvalue weighted by Gasteiger charge is -2.28. The second kappa shape index (κ2) is 7.82. The largest absolute Gasteiger partial charge is 0.329 e. The number of anilines is 1. The minimum Gasteiger partial charge on any atom is -0.329 e. The molecule has 0 bridgehead atoms. The van der Waals surface area contributed by atoms with Gasteiger partial charge in [-0.25, -0.2) is 4.39 Å². The van der Waals surface area contributed by atoms with Gasteiger partial charge in [0.05, 0.1) is 11.1 Å². The van der Waals surface area contributed by atoms with Gasteiger partial charge in [-0.15, -0.1) is 12.4 Å². The van der Waals surface area contributed by atoms with Gasteiger partial charge in [-0.2, -0.15) is 0 Å². The van der Waals surface area contributed by atoms with Gasteiger partial charge in [0.1, 0.15) is 5.82 Å². The lowest BCUT2D eigenvalue weighted by molar-refractivity contribution is -0.125. The minimum atomic E-state index is -0.625. The van der Waals surface area contributed by atoms with Gasteiger partial charge < -0.3 is 11.1 Å². The summed E-state index contributed by atoms with van der Waals surface area (Å²) in [6.07, 6.45) is 1.26. The van der Waals surface area contributed by atoms with E-state index in [1.165, 1.54) is 12.1 Å². The summed E-state index contributed by atoms with van der Waals surface area (Å²) in [4.78, 5) is 12.2. The Balaban J connectivity index is 0.00000324. The molecule has 0 aliphatic rings. The van der Waals surface area contributed by atoms with Crippen LogP contribution in [-0.2, 0) is 4.79 Å². The first-order chi connectivity index (χ1) is 8.49. The third kappa shape index (κ3) is 4.16. The van der Waals surface area contributed by atoms with E-state index >= 15 is 0 Å². The van der Waals surface area contributed by atoms with Crippen LogP contribution in [0.3, 0.4) is 0 Å². The predicted molar refractivity (Wildman–Crippen MR) is 82.0 cm³/mol. The fraction of sp³-hybridized carbons (Fsp3) is 0.462. The van der Waals surface area contributed by atoms with Crippen molar-refractivity contribution in [1.82, 2.24) is 0 Å². The average molecular weight is 354 g/mol. The molecule has 6 heteroatoms. The van der Waals surface area contributed by atoms with Crippen LogP contribution in [0.15, 0.2) is 22.7 Å². The topological polar surface area (TPSA) is 55.1 Å². The Morgan fingerprint density at radius 2 is 2.00 bits per heavy atom. The molecule has 0 aliphatic carbocycles. The summed E-state index contributed by atoms with van der Waals surface area (Å²) in [6, 6.07) is 4.53. The zero-order chi connectivity index (χ0) is 13.8. The summed E-state index contributed by atoms with van der Waals surface area (Å²) in [7, 11) is 0. The minimum absolute atomic E-state index is 0. The number of amides is 1. The van der Waals surface area contributed by atoms with Gasteiger partial charge >= 0.3 is 0 Å². The molecule has 0 spiro atoms. The summed E-state index contributed by atoms with van der Waals surface area (Å²) in [5.41, 5.74) is 5.24. The van der Waals surface area contributed by atoms with E-state index in [2.05, 4.69) is 21.2 Å². The first kappa shape index (κ1) is 18.4. The highest BCUT2D eigenvalue weighted by molar-refractivity contribution is 9.10. The lowest BCUT2D eigenvalue weighted by atomic mass is 9.81. The Morgan fingerprint density at radius 3 is 2.42 bits per heavy atom. The maximum absolute atomic E-state index is 13.6. The first-order valence-corrected chi connectivity index (χ1v) is 6.75. The molecule has 1 amide bonds. The molecule has 3 nitrogen and oxygen atoms in total. The highest BCUT2D eigenvalue weighted by Crippen LogP contribution is 2.28. The van der Waals surface area contributed by atoms with Crippen molar-refractivity contribution in [3.05, 3.63) is 28.5 Å². The summed E-state index contributed by atoms with van der Waals surface area (Å²) in [5.74, 6) is -0.688. The fourth-order valence-corrected chi connectivity index (χ4v) is 2.13. The summed E-state index contributed by atoms with van der Waals surface area (Å²) < 4.78 is 14.3. The summed E-state index contributed by atoms with van der Waals surface area (Å²) in [6.45, 7) is 4.08. The van der Waals surface area contributed by atoms with Gasteiger partial charge in [-0.05, 0) is 31.0 Å². The maximum atomic E-state index is 13.6. The number of nitrogens with two attached hydrogens (primary N) is 1. The van der Waals surface area contributed by atoms with Crippen LogP contribution in [-0.4, -0.2) is 12.5 Å². The van der Waals surface area contributed by atoms with Crippen molar-refractivity contribution in [2.45, 2.75) is 26.7 Å². The molecule has 0 unspecified atom stereocenters. The molecule has 0 heterocycles. The standard InChI is InChI=1S/C13H18BrFN2O.ClH/c1-3-13(4-2,8-16)12(18)17-11-6-5-9(14)7-10(11)15;/h5-7H,3-4,8,16H2,1-2H3,(H,17,18);1H. The van der Waals surface area contributed by atoms with E-state index in [1.54, 1.807) is 6.07 Å². The van der Waals surface area contributed by atoms with Crippen LogP contribution in [0.25, 0.3) is 0 Å². The molecule has 19 heavy (non-hydrogen) atoms. The number of carbonyl (C=O) groups excluding carboxylic acids is 1. The number of hydrogen-bond acceptors (Lipinski definition) is 2. The number of halogens is 3. The number of benzene rings is 1. The molecule has 0 fully saturated rings. The predicted octanol–water partition coefficient (Wildman–Crippen LogP) is 3.71. The number of carbonyl (C=O) groups is 1. The highest BCUT2D eigenvalue weighted by Gasteiger charge is 2.33. The molecule has 1 aromatic carbocycles. The van der Waals surface area contributed by atoms with Crippen LogP contribution in [0, 0.1) is 11.2 Å². The molecular weight excluding hydrogens is 335 g/mol. The summed E-state index contributed by atoms with van der Waals surface area (Å²) in [5, 5.41) is 2.62. The van der Waals surface area contributed by atoms with Crippen molar-refractivity contribution in [1.29, 1.82) is 0 Å². The van der Waals surface area contributed by atoms with Crippen LogP contribution in [0.4, 0.5) is 10.1 Å². The normalized spacial score (nSPS) is 10.8. The Morgan fingerprint density at radius 1 is 1.42 bits per heavy atom. The van der Waals surface area contributed by atoms with E-state index < -0.39 is 11.2 Å². The van der Waals surface area contributed by atoms with E-state index in [-0.39, 0.29) is 30.5 Å². The molecule has 0 radical (unpaired) electrons. The Kier molecular flexibility index (Phi) is 7.55. The van der Waals surface area contributed by atoms with Crippen molar-refractivity contribution < 1.29 is 9.18 Å². The fourth-order valence-electron chi connectivity index (χ4n) is 1.80. The van der Waals surface area contributed by atoms with Gasteiger partial charge in [0.2, 0.25) is 5.91 Å². The van der Waals surface area contributed by atoms with Gasteiger partial charge in [0.15, 0.2) is 0 Å². The SMILES string of the molecule is CCC(CC)(CN)C(=O)Nc1ccc(Br)cc1F.Cl. The van der Waals surface area contributed by atoms with Crippen molar-refractivity contribution in [2.75, 3.05) is 11.9 Å². The Hall–Kier alpha value is -0.650. The lowest BCUT2D eigenvalue weighted by Crippen LogP contribution is -2.41. The van der Waals surface area contributed by atoms with Crippen LogP contribution >= 0.6 is 28.3 Å². The number of rotatable bonds is 5. The van der Waals surface area contributed by atoms with Crippen LogP contribution < -0.4 is 11.1 Å². The van der Waals surface area contributed by atoms with Crippen LogP contribution in [0.5, 0.6) is 0 Å². The molecule has 1 aromatic rings. The molecule has 0 saturated carbocycles. The third-order valence-electron chi connectivity index (χ3n) is 3.41. The average Bonchev–Trinajstić information content (AvgIpc) is 2.36. The monoisotopic (exact) mass is 352 g/mol. The molecule has 0 aliphatic heterocycles. The third-order valence-corrected chi connectivity index (χ3v) is 3.90. The van der Waals surface area contributed by atoms with E-state index in [4.69, 9.17) is 5.73 Å². The maximum Gasteiger partial charge on any atom is 0.231 e. The number of hydrogen-bond donors (Lipinski definition) is 2. The number of nitrogens with one attached hydrogen (secondary N) is 1. The van der Waals surface area contributed by atoms with Gasteiger partial charge in [-0.3, -0.25) is 4.79 Å². The molecule has 1 rings (SSSR count). The summed E-state index contributed by atoms with van der Waals surface area (Å²) >= 11 is 3.17. The van der Waals surface area contributed by atoms with Crippen LogP contribution in [0.1, 0.15) is 26.7 Å². The second-order valence-electron chi connectivity index (χ2n) is 4.27. The Bertz CT molecular complexity index is 430. The van der Waals surface area contributed by atoms with E-state index in [9.17, 15) is 9.18 Å². The van der Waals surface area contributed by atoms with Crippen molar-refractivity contribution in [2.24, 2.45) is 11.1 Å². The van der Waals surface area contributed by atoms with Crippen molar-refractivity contribution >= 4 is 39.9 Å². The molecule has 108 valence electrons. The zero-order valence-electron chi connectivity index (χ0n) is 11.0. The van der Waals surface area contributed by atoms with Crippen molar-refractivity contribution in [3.63, 3.8) is 0 Å². The van der Waals surface area contributed by atoms with Gasteiger partial charge in [0, 0.05) is 11.0 Å². The molecule has 0 aromatic heterocycles. The van der Waals surface area contributed by atoms with E-state index in [0.717, 1.165) is 0 Å². The highest BCUT2D eigenvalue weighted by atomic mass is 79.9.